The van der Waals surface area contributed by atoms with Crippen LogP contribution in [0.15, 0.2) is 70.3 Å². The molecule has 0 bridgehead atoms. The van der Waals surface area contributed by atoms with E-state index in [1.807, 2.05) is 67.6 Å². The first-order chi connectivity index (χ1) is 14.7. The van der Waals surface area contributed by atoms with Gasteiger partial charge in [0, 0.05) is 5.92 Å². The Balaban J connectivity index is 1.43. The summed E-state index contributed by atoms with van der Waals surface area (Å²) < 4.78 is 5.88. The van der Waals surface area contributed by atoms with Crippen LogP contribution in [0.3, 0.4) is 0 Å². The third-order valence-electron chi connectivity index (χ3n) is 5.58. The van der Waals surface area contributed by atoms with Crippen LogP contribution in [-0.2, 0) is 4.79 Å². The number of amides is 1. The zero-order chi connectivity index (χ0) is 20.8. The van der Waals surface area contributed by atoms with E-state index in [2.05, 4.69) is 15.5 Å². The first-order valence-corrected chi connectivity index (χ1v) is 11.5. The predicted molar refractivity (Wildman–Crippen MR) is 118 cm³/mol. The summed E-state index contributed by atoms with van der Waals surface area (Å²) in [6.45, 7) is 1.87. The van der Waals surface area contributed by atoms with Crippen molar-refractivity contribution in [1.29, 1.82) is 0 Å². The molecule has 0 spiro atoms. The minimum absolute atomic E-state index is 0.0601. The first kappa shape index (κ1) is 20.7. The van der Waals surface area contributed by atoms with Crippen LogP contribution in [0.4, 0.5) is 0 Å². The van der Waals surface area contributed by atoms with Crippen molar-refractivity contribution in [3.8, 4) is 0 Å². The lowest BCUT2D eigenvalue weighted by Gasteiger charge is -2.21. The average molecular weight is 422 g/mol. The second-order valence-corrected chi connectivity index (χ2v) is 9.06. The van der Waals surface area contributed by atoms with Gasteiger partial charge in [0.1, 0.15) is 0 Å². The molecule has 1 N–H and O–H groups in total. The van der Waals surface area contributed by atoms with Crippen LogP contribution < -0.4 is 5.32 Å². The number of rotatable bonds is 7. The minimum atomic E-state index is -0.348. The van der Waals surface area contributed by atoms with Crippen LogP contribution in [0.2, 0.25) is 0 Å². The summed E-state index contributed by atoms with van der Waals surface area (Å²) in [4.78, 5) is 13.0. The lowest BCUT2D eigenvalue weighted by atomic mass is 9.89. The molecule has 4 rings (SSSR count). The Labute approximate surface area is 181 Å². The number of carbonyl (C=O) groups is 1. The fraction of sp³-hybridized carbons (Fsp3) is 0.375. The quantitative estimate of drug-likeness (QED) is 0.510. The van der Waals surface area contributed by atoms with Crippen molar-refractivity contribution in [2.75, 3.05) is 0 Å². The van der Waals surface area contributed by atoms with Gasteiger partial charge in [-0.3, -0.25) is 4.79 Å². The number of hydrogen-bond donors (Lipinski definition) is 1. The van der Waals surface area contributed by atoms with Crippen molar-refractivity contribution in [3.63, 3.8) is 0 Å². The van der Waals surface area contributed by atoms with Crippen molar-refractivity contribution in [2.24, 2.45) is 0 Å². The molecule has 0 radical (unpaired) electrons. The highest BCUT2D eigenvalue weighted by molar-refractivity contribution is 8.00. The van der Waals surface area contributed by atoms with Crippen LogP contribution in [0, 0.1) is 0 Å². The summed E-state index contributed by atoms with van der Waals surface area (Å²) in [5.74, 6) is 1.02. The molecule has 3 aromatic rings. The summed E-state index contributed by atoms with van der Waals surface area (Å²) in [5.41, 5.74) is 2.10. The van der Waals surface area contributed by atoms with E-state index >= 15 is 0 Å². The Morgan fingerprint density at radius 1 is 0.967 bits per heavy atom. The Morgan fingerprint density at radius 3 is 2.17 bits per heavy atom. The van der Waals surface area contributed by atoms with Gasteiger partial charge >= 0.3 is 0 Å². The second-order valence-electron chi connectivity index (χ2n) is 7.76. The number of nitrogens with zero attached hydrogens (tertiary/aromatic N) is 2. The molecular formula is C24H27N3O2S. The molecule has 1 atom stereocenters. The van der Waals surface area contributed by atoms with Crippen molar-refractivity contribution < 1.29 is 9.21 Å². The minimum Gasteiger partial charge on any atom is -0.416 e. The molecule has 156 valence electrons. The van der Waals surface area contributed by atoms with Crippen molar-refractivity contribution in [1.82, 2.24) is 15.5 Å². The van der Waals surface area contributed by atoms with Gasteiger partial charge in [0.15, 0.2) is 0 Å². The molecule has 30 heavy (non-hydrogen) atoms. The molecule has 1 heterocycles. The highest BCUT2D eigenvalue weighted by Gasteiger charge is 2.25. The Hall–Kier alpha value is -2.60. The molecular weight excluding hydrogens is 394 g/mol. The number of carbonyl (C=O) groups excluding carboxylic acids is 1. The van der Waals surface area contributed by atoms with Crippen molar-refractivity contribution in [3.05, 3.63) is 77.7 Å². The van der Waals surface area contributed by atoms with Crippen LogP contribution >= 0.6 is 11.8 Å². The summed E-state index contributed by atoms with van der Waals surface area (Å²) in [7, 11) is 0. The molecule has 1 unspecified atom stereocenters. The van der Waals surface area contributed by atoms with E-state index in [1.165, 1.54) is 31.0 Å². The number of nitrogens with one attached hydrogen (secondary N) is 1. The maximum atomic E-state index is 13.0. The Bertz CT molecular complexity index is 900. The number of thioether (sulfide) groups is 1. The van der Waals surface area contributed by atoms with Crippen LogP contribution in [-0.4, -0.2) is 21.4 Å². The van der Waals surface area contributed by atoms with Crippen LogP contribution in [0.1, 0.15) is 68.0 Å². The zero-order valence-electron chi connectivity index (χ0n) is 17.2. The lowest BCUT2D eigenvalue weighted by molar-refractivity contribution is -0.120. The predicted octanol–water partition coefficient (Wildman–Crippen LogP) is 5.50. The molecule has 2 aromatic carbocycles. The molecule has 1 amide bonds. The monoisotopic (exact) mass is 421 g/mol. The lowest BCUT2D eigenvalue weighted by Crippen LogP contribution is -2.34. The second kappa shape index (κ2) is 9.94. The normalized spacial score (nSPS) is 15.8. The zero-order valence-corrected chi connectivity index (χ0v) is 18.0. The SMILES string of the molecule is CC(Sc1nnc(C2CCCCC2)o1)C(=O)NC(c1ccccc1)c1ccccc1. The molecule has 5 nitrogen and oxygen atoms in total. The van der Waals surface area contributed by atoms with Crippen LogP contribution in [0.25, 0.3) is 0 Å². The molecule has 6 heteroatoms. The number of hydrogen-bond acceptors (Lipinski definition) is 5. The Morgan fingerprint density at radius 2 is 1.57 bits per heavy atom. The summed E-state index contributed by atoms with van der Waals surface area (Å²) in [5, 5.41) is 11.7. The summed E-state index contributed by atoms with van der Waals surface area (Å²) in [6.07, 6.45) is 5.94. The fourth-order valence-electron chi connectivity index (χ4n) is 3.90. The van der Waals surface area contributed by atoms with E-state index in [-0.39, 0.29) is 17.2 Å². The van der Waals surface area contributed by atoms with E-state index < -0.39 is 0 Å². The van der Waals surface area contributed by atoms with Gasteiger partial charge in [-0.2, -0.15) is 0 Å². The Kier molecular flexibility index (Phi) is 6.84. The smallest absolute Gasteiger partial charge is 0.277 e. The third-order valence-corrected chi connectivity index (χ3v) is 6.51. The molecule has 1 fully saturated rings. The molecule has 1 aromatic heterocycles. The maximum absolute atomic E-state index is 13.0. The average Bonchev–Trinajstić information content (AvgIpc) is 3.27. The molecule has 1 aliphatic carbocycles. The maximum Gasteiger partial charge on any atom is 0.277 e. The van der Waals surface area contributed by atoms with Gasteiger partial charge in [0.05, 0.1) is 11.3 Å². The summed E-state index contributed by atoms with van der Waals surface area (Å²) in [6, 6.07) is 19.8. The van der Waals surface area contributed by atoms with Crippen LogP contribution in [0.5, 0.6) is 0 Å². The number of aromatic nitrogens is 2. The van der Waals surface area contributed by atoms with E-state index in [0.29, 0.717) is 11.1 Å². The molecule has 0 aliphatic heterocycles. The van der Waals surface area contributed by atoms with Gasteiger partial charge in [0.25, 0.3) is 5.22 Å². The standard InChI is InChI=1S/C24H27N3O2S/c1-17(30-24-27-26-23(29-24)20-15-9-4-10-16-20)22(28)25-21(18-11-5-2-6-12-18)19-13-7-3-8-14-19/h2-3,5-8,11-14,17,20-21H,4,9-10,15-16H2,1H3,(H,25,28). The van der Waals surface area contributed by atoms with E-state index in [0.717, 1.165) is 29.9 Å². The highest BCUT2D eigenvalue weighted by atomic mass is 32.2. The largest absolute Gasteiger partial charge is 0.416 e. The topological polar surface area (TPSA) is 68.0 Å². The van der Waals surface area contributed by atoms with Gasteiger partial charge in [-0.1, -0.05) is 91.7 Å². The van der Waals surface area contributed by atoms with Gasteiger partial charge in [-0.15, -0.1) is 10.2 Å². The van der Waals surface area contributed by atoms with E-state index in [4.69, 9.17) is 4.42 Å². The van der Waals surface area contributed by atoms with Gasteiger partial charge in [0.2, 0.25) is 11.8 Å². The number of benzene rings is 2. The molecule has 1 aliphatic rings. The van der Waals surface area contributed by atoms with Gasteiger partial charge in [-0.25, -0.2) is 0 Å². The summed E-state index contributed by atoms with van der Waals surface area (Å²) >= 11 is 1.32. The van der Waals surface area contributed by atoms with Gasteiger partial charge in [-0.05, 0) is 30.9 Å². The third kappa shape index (κ3) is 5.11. The van der Waals surface area contributed by atoms with Crippen molar-refractivity contribution in [2.45, 2.75) is 61.5 Å². The first-order valence-electron chi connectivity index (χ1n) is 10.6. The van der Waals surface area contributed by atoms with E-state index in [1.54, 1.807) is 0 Å². The van der Waals surface area contributed by atoms with Crippen molar-refractivity contribution >= 4 is 17.7 Å². The molecule has 1 saturated carbocycles. The molecule has 0 saturated heterocycles. The van der Waals surface area contributed by atoms with Gasteiger partial charge < -0.3 is 9.73 Å². The van der Waals surface area contributed by atoms with E-state index in [9.17, 15) is 4.79 Å². The highest BCUT2D eigenvalue weighted by Crippen LogP contribution is 2.33. The fourth-order valence-corrected chi connectivity index (χ4v) is 4.60.